The van der Waals surface area contributed by atoms with Crippen LogP contribution in [0.4, 0.5) is 0 Å². The fourth-order valence-corrected chi connectivity index (χ4v) is 1.83. The van der Waals surface area contributed by atoms with Gasteiger partial charge in [-0.05, 0) is 37.0 Å². The summed E-state index contributed by atoms with van der Waals surface area (Å²) < 4.78 is 4.91. The number of carboxylic acids is 1. The first-order valence-corrected chi connectivity index (χ1v) is 6.71. The van der Waals surface area contributed by atoms with E-state index < -0.39 is 5.97 Å². The lowest BCUT2D eigenvalue weighted by Crippen LogP contribution is -2.25. The maximum atomic E-state index is 11.5. The topological polar surface area (TPSA) is 75.6 Å². The molecule has 110 valence electrons. The molecular weight excluding hydrogens is 258 g/mol. The van der Waals surface area contributed by atoms with E-state index in [1.54, 1.807) is 25.3 Å². The molecule has 0 bridgehead atoms. The first kappa shape index (κ1) is 16.2. The van der Waals surface area contributed by atoms with Crippen LogP contribution in [0.25, 0.3) is 0 Å². The minimum Gasteiger partial charge on any atom is -0.478 e. The third-order valence-corrected chi connectivity index (χ3v) is 2.91. The summed E-state index contributed by atoms with van der Waals surface area (Å²) in [6, 6.07) is 6.76. The summed E-state index contributed by atoms with van der Waals surface area (Å²) in [5, 5.41) is 11.7. The number of aromatic carboxylic acids is 1. The Hall–Kier alpha value is -1.88. The van der Waals surface area contributed by atoms with E-state index in [4.69, 9.17) is 9.84 Å². The molecule has 5 nitrogen and oxygen atoms in total. The number of ether oxygens (including phenoxy) is 1. The maximum absolute atomic E-state index is 11.5. The first-order valence-electron chi connectivity index (χ1n) is 6.71. The number of amides is 1. The van der Waals surface area contributed by atoms with E-state index in [1.807, 2.05) is 6.07 Å². The molecule has 1 aromatic rings. The van der Waals surface area contributed by atoms with E-state index in [-0.39, 0.29) is 11.5 Å². The normalized spacial score (nSPS) is 10.2. The number of methoxy groups -OCH3 is 1. The molecule has 1 aromatic carbocycles. The van der Waals surface area contributed by atoms with Gasteiger partial charge in [-0.1, -0.05) is 12.1 Å². The van der Waals surface area contributed by atoms with Crippen LogP contribution in [0.1, 0.15) is 35.2 Å². The van der Waals surface area contributed by atoms with Crippen LogP contribution < -0.4 is 5.32 Å². The molecule has 0 atom stereocenters. The third kappa shape index (κ3) is 6.33. The number of benzene rings is 1. The lowest BCUT2D eigenvalue weighted by atomic mass is 10.1. The second-order valence-electron chi connectivity index (χ2n) is 4.56. The summed E-state index contributed by atoms with van der Waals surface area (Å²) >= 11 is 0. The fourth-order valence-electron chi connectivity index (χ4n) is 1.83. The molecule has 5 heteroatoms. The summed E-state index contributed by atoms with van der Waals surface area (Å²) in [5.74, 6) is -0.912. The molecule has 0 heterocycles. The van der Waals surface area contributed by atoms with Crippen LogP contribution in [0.5, 0.6) is 0 Å². The number of hydrogen-bond donors (Lipinski definition) is 2. The van der Waals surface area contributed by atoms with Crippen molar-refractivity contribution in [3.8, 4) is 0 Å². The zero-order valence-corrected chi connectivity index (χ0v) is 11.7. The standard InChI is InChI=1S/C15H21NO4/c1-20-10-3-2-7-14(17)16-9-8-12-5-4-6-13(11-12)15(18)19/h4-6,11H,2-3,7-10H2,1H3,(H,16,17)(H,18,19). The highest BCUT2D eigenvalue weighted by Gasteiger charge is 2.04. The molecule has 0 saturated carbocycles. The largest absolute Gasteiger partial charge is 0.478 e. The number of unbranched alkanes of at least 4 members (excludes halogenated alkanes) is 1. The second kappa shape index (κ2) is 9.09. The Bertz CT molecular complexity index is 445. The van der Waals surface area contributed by atoms with Crippen molar-refractivity contribution in [2.24, 2.45) is 0 Å². The molecule has 1 amide bonds. The Kier molecular flexibility index (Phi) is 7.35. The van der Waals surface area contributed by atoms with Crippen LogP contribution >= 0.6 is 0 Å². The van der Waals surface area contributed by atoms with Crippen LogP contribution in [0.15, 0.2) is 24.3 Å². The summed E-state index contributed by atoms with van der Waals surface area (Å²) in [6.07, 6.45) is 2.82. The molecule has 0 aliphatic carbocycles. The van der Waals surface area contributed by atoms with E-state index in [2.05, 4.69) is 5.32 Å². The smallest absolute Gasteiger partial charge is 0.335 e. The number of nitrogens with one attached hydrogen (secondary N) is 1. The summed E-state index contributed by atoms with van der Waals surface area (Å²) in [4.78, 5) is 22.4. The van der Waals surface area contributed by atoms with Crippen molar-refractivity contribution < 1.29 is 19.4 Å². The predicted molar refractivity (Wildman–Crippen MR) is 75.8 cm³/mol. The van der Waals surface area contributed by atoms with Gasteiger partial charge < -0.3 is 15.2 Å². The minimum absolute atomic E-state index is 0.0236. The Labute approximate surface area is 118 Å². The van der Waals surface area contributed by atoms with Crippen LogP contribution in [-0.2, 0) is 16.0 Å². The van der Waals surface area contributed by atoms with Crippen LogP contribution in [-0.4, -0.2) is 37.2 Å². The first-order chi connectivity index (χ1) is 9.63. The molecule has 0 unspecified atom stereocenters. The van der Waals surface area contributed by atoms with E-state index in [0.717, 1.165) is 18.4 Å². The van der Waals surface area contributed by atoms with Gasteiger partial charge in [-0.3, -0.25) is 4.79 Å². The highest BCUT2D eigenvalue weighted by molar-refractivity contribution is 5.87. The quantitative estimate of drug-likeness (QED) is 0.677. The number of carbonyl (C=O) groups excluding carboxylic acids is 1. The third-order valence-electron chi connectivity index (χ3n) is 2.91. The lowest BCUT2D eigenvalue weighted by molar-refractivity contribution is -0.121. The average Bonchev–Trinajstić information content (AvgIpc) is 2.44. The van der Waals surface area contributed by atoms with Gasteiger partial charge in [0, 0.05) is 26.7 Å². The molecule has 0 aromatic heterocycles. The fraction of sp³-hybridized carbons (Fsp3) is 0.467. The summed E-state index contributed by atoms with van der Waals surface area (Å²) in [6.45, 7) is 1.20. The Morgan fingerprint density at radius 1 is 1.30 bits per heavy atom. The number of carboxylic acid groups (broad SMARTS) is 1. The van der Waals surface area contributed by atoms with Crippen molar-refractivity contribution in [2.75, 3.05) is 20.3 Å². The minimum atomic E-state index is -0.936. The number of hydrogen-bond acceptors (Lipinski definition) is 3. The van der Waals surface area contributed by atoms with Gasteiger partial charge in [-0.25, -0.2) is 4.79 Å². The van der Waals surface area contributed by atoms with E-state index >= 15 is 0 Å². The van der Waals surface area contributed by atoms with E-state index in [0.29, 0.717) is 26.0 Å². The zero-order valence-electron chi connectivity index (χ0n) is 11.7. The van der Waals surface area contributed by atoms with Gasteiger partial charge in [0.2, 0.25) is 5.91 Å². The van der Waals surface area contributed by atoms with Gasteiger partial charge in [0.15, 0.2) is 0 Å². The van der Waals surface area contributed by atoms with Crippen molar-refractivity contribution in [1.82, 2.24) is 5.32 Å². The molecular formula is C15H21NO4. The van der Waals surface area contributed by atoms with Gasteiger partial charge in [-0.2, -0.15) is 0 Å². The van der Waals surface area contributed by atoms with Gasteiger partial charge in [0.25, 0.3) is 0 Å². The highest BCUT2D eigenvalue weighted by atomic mass is 16.5. The second-order valence-corrected chi connectivity index (χ2v) is 4.56. The Morgan fingerprint density at radius 2 is 2.10 bits per heavy atom. The van der Waals surface area contributed by atoms with Crippen LogP contribution in [0, 0.1) is 0 Å². The van der Waals surface area contributed by atoms with Gasteiger partial charge in [-0.15, -0.1) is 0 Å². The van der Waals surface area contributed by atoms with Crippen LogP contribution in [0.3, 0.4) is 0 Å². The maximum Gasteiger partial charge on any atom is 0.335 e. The van der Waals surface area contributed by atoms with Gasteiger partial charge in [0.1, 0.15) is 0 Å². The van der Waals surface area contributed by atoms with Crippen molar-refractivity contribution in [2.45, 2.75) is 25.7 Å². The Morgan fingerprint density at radius 3 is 2.80 bits per heavy atom. The SMILES string of the molecule is COCCCCC(=O)NCCc1cccc(C(=O)O)c1. The molecule has 0 fully saturated rings. The average molecular weight is 279 g/mol. The molecule has 0 spiro atoms. The van der Waals surface area contributed by atoms with Crippen molar-refractivity contribution >= 4 is 11.9 Å². The predicted octanol–water partition coefficient (Wildman–Crippen LogP) is 1.86. The molecule has 20 heavy (non-hydrogen) atoms. The monoisotopic (exact) mass is 279 g/mol. The van der Waals surface area contributed by atoms with Crippen molar-refractivity contribution in [3.63, 3.8) is 0 Å². The highest BCUT2D eigenvalue weighted by Crippen LogP contribution is 2.05. The van der Waals surface area contributed by atoms with Gasteiger partial charge >= 0.3 is 5.97 Å². The van der Waals surface area contributed by atoms with Gasteiger partial charge in [0.05, 0.1) is 5.56 Å². The molecule has 0 aliphatic heterocycles. The number of rotatable bonds is 9. The molecule has 0 aliphatic rings. The lowest BCUT2D eigenvalue weighted by Gasteiger charge is -2.06. The van der Waals surface area contributed by atoms with E-state index in [1.165, 1.54) is 0 Å². The van der Waals surface area contributed by atoms with E-state index in [9.17, 15) is 9.59 Å². The summed E-state index contributed by atoms with van der Waals surface area (Å²) in [7, 11) is 1.64. The molecule has 2 N–H and O–H groups in total. The number of carbonyl (C=O) groups is 2. The Balaban J connectivity index is 2.25. The zero-order chi connectivity index (χ0) is 14.8. The molecule has 0 radical (unpaired) electrons. The molecule has 1 rings (SSSR count). The van der Waals surface area contributed by atoms with Crippen molar-refractivity contribution in [3.05, 3.63) is 35.4 Å². The molecule has 0 saturated heterocycles. The summed E-state index contributed by atoms with van der Waals surface area (Å²) in [5.41, 5.74) is 1.18. The van der Waals surface area contributed by atoms with Crippen LogP contribution in [0.2, 0.25) is 0 Å². The van der Waals surface area contributed by atoms with Crippen molar-refractivity contribution in [1.29, 1.82) is 0 Å².